The van der Waals surface area contributed by atoms with Crippen molar-refractivity contribution in [2.75, 3.05) is 32.1 Å². The van der Waals surface area contributed by atoms with Crippen molar-refractivity contribution >= 4 is 33.1 Å². The number of anilines is 1. The summed E-state index contributed by atoms with van der Waals surface area (Å²) >= 11 is 1.24. The SMILES string of the molecule is CN1CCc2sc(S(=O)(=O)NC(=O)Nc3c(-c4ccnc(OC5COC5)c4)ccc4c3CCC4)cc2C1.[H-].[Na+]. The molecule has 6 rings (SSSR count). The summed E-state index contributed by atoms with van der Waals surface area (Å²) in [6.45, 7) is 2.67. The van der Waals surface area contributed by atoms with E-state index >= 15 is 0 Å². The number of hydrogen-bond donors (Lipinski definition) is 2. The predicted octanol–water partition coefficient (Wildman–Crippen LogP) is 0.691. The maximum Gasteiger partial charge on any atom is 1.00 e. The number of aromatic nitrogens is 1. The molecule has 1 aliphatic carbocycles. The zero-order valence-corrected chi connectivity index (χ0v) is 25.1. The van der Waals surface area contributed by atoms with E-state index in [1.165, 1.54) is 11.3 Å². The fourth-order valence-electron chi connectivity index (χ4n) is 5.03. The number of aryl methyl sites for hydroxylation is 1. The maximum atomic E-state index is 13.1. The minimum atomic E-state index is -4.00. The van der Waals surface area contributed by atoms with E-state index in [-0.39, 0.29) is 41.3 Å². The van der Waals surface area contributed by atoms with Crippen LogP contribution in [0.4, 0.5) is 10.5 Å². The normalized spacial score (nSPS) is 17.1. The van der Waals surface area contributed by atoms with Crippen LogP contribution >= 0.6 is 11.3 Å². The fraction of sp³-hybridized carbons (Fsp3) is 0.385. The van der Waals surface area contributed by atoms with Gasteiger partial charge in [-0.05, 0) is 67.1 Å². The van der Waals surface area contributed by atoms with Gasteiger partial charge in [0.25, 0.3) is 10.0 Å². The molecule has 3 aromatic rings. The van der Waals surface area contributed by atoms with Gasteiger partial charge in [-0.3, -0.25) is 0 Å². The van der Waals surface area contributed by atoms with Gasteiger partial charge in [0, 0.05) is 35.8 Å². The second-order valence-corrected chi connectivity index (χ2v) is 12.7. The molecule has 1 aromatic carbocycles. The molecule has 2 aromatic heterocycles. The molecule has 2 amide bonds. The van der Waals surface area contributed by atoms with Crippen molar-refractivity contribution < 1.29 is 53.7 Å². The molecule has 0 atom stereocenters. The van der Waals surface area contributed by atoms with E-state index in [0.717, 1.165) is 64.9 Å². The Balaban J connectivity index is 0.00000176. The summed E-state index contributed by atoms with van der Waals surface area (Å²) in [7, 11) is -1.99. The monoisotopic (exact) mass is 564 g/mol. The van der Waals surface area contributed by atoms with Crippen LogP contribution in [0.15, 0.2) is 40.7 Å². The summed E-state index contributed by atoms with van der Waals surface area (Å²) in [5.74, 6) is 0.483. The van der Waals surface area contributed by atoms with E-state index in [9.17, 15) is 13.2 Å². The molecule has 2 N–H and O–H groups in total. The van der Waals surface area contributed by atoms with Crippen molar-refractivity contribution in [1.82, 2.24) is 14.6 Å². The van der Waals surface area contributed by atoms with Gasteiger partial charge in [-0.25, -0.2) is 22.9 Å². The molecule has 0 bridgehead atoms. The number of hydrogen-bond acceptors (Lipinski definition) is 8. The summed E-state index contributed by atoms with van der Waals surface area (Å²) < 4.78 is 39.6. The van der Waals surface area contributed by atoms with Gasteiger partial charge in [-0.2, -0.15) is 0 Å². The molecule has 0 saturated carbocycles. The van der Waals surface area contributed by atoms with E-state index in [4.69, 9.17) is 9.47 Å². The van der Waals surface area contributed by atoms with Crippen LogP contribution < -0.4 is 44.3 Å². The van der Waals surface area contributed by atoms with Crippen LogP contribution in [0.1, 0.15) is 29.4 Å². The van der Waals surface area contributed by atoms with Crippen LogP contribution in [0.5, 0.6) is 5.88 Å². The molecule has 3 aliphatic rings. The van der Waals surface area contributed by atoms with Crippen LogP contribution in [-0.4, -0.2) is 57.2 Å². The number of carbonyl (C=O) groups excluding carboxylic acids is 1. The van der Waals surface area contributed by atoms with Crippen molar-refractivity contribution in [3.63, 3.8) is 0 Å². The van der Waals surface area contributed by atoms with Gasteiger partial charge in [0.15, 0.2) is 0 Å². The van der Waals surface area contributed by atoms with Gasteiger partial charge >= 0.3 is 35.6 Å². The molecule has 4 heterocycles. The van der Waals surface area contributed by atoms with Crippen molar-refractivity contribution in [2.45, 2.75) is 42.5 Å². The molecule has 2 aliphatic heterocycles. The Morgan fingerprint density at radius 3 is 2.82 bits per heavy atom. The molecule has 12 heteroatoms. The number of urea groups is 1. The summed E-state index contributed by atoms with van der Waals surface area (Å²) in [5, 5.41) is 2.87. The molecule has 38 heavy (non-hydrogen) atoms. The fourth-order valence-corrected chi connectivity index (χ4v) is 7.49. The number of nitrogens with one attached hydrogen (secondary N) is 2. The Bertz CT molecular complexity index is 1480. The first-order valence-corrected chi connectivity index (χ1v) is 14.7. The molecule has 0 unspecified atom stereocenters. The second-order valence-electron chi connectivity index (χ2n) is 9.70. The predicted molar refractivity (Wildman–Crippen MR) is 142 cm³/mol. The minimum Gasteiger partial charge on any atom is -1.00 e. The Kier molecular flexibility index (Phi) is 8.16. The number of rotatable bonds is 6. The van der Waals surface area contributed by atoms with Crippen LogP contribution in [0.3, 0.4) is 0 Å². The van der Waals surface area contributed by atoms with Gasteiger partial charge in [-0.1, -0.05) is 12.1 Å². The average Bonchev–Trinajstić information content (AvgIpc) is 3.49. The number of sulfonamides is 1. The van der Waals surface area contributed by atoms with Crippen molar-refractivity contribution in [2.24, 2.45) is 0 Å². The summed E-state index contributed by atoms with van der Waals surface area (Å²) in [6.07, 6.45) is 5.18. The third kappa shape index (κ3) is 5.65. The number of amides is 2. The molecule has 1 saturated heterocycles. The third-order valence-corrected chi connectivity index (χ3v) is 10.0. The smallest absolute Gasteiger partial charge is 1.00 e. The van der Waals surface area contributed by atoms with E-state index in [1.807, 2.05) is 25.2 Å². The van der Waals surface area contributed by atoms with Crippen molar-refractivity contribution in [3.05, 3.63) is 58.1 Å². The van der Waals surface area contributed by atoms with Gasteiger partial charge in [0.1, 0.15) is 10.3 Å². The molecular weight excluding hydrogens is 535 g/mol. The van der Waals surface area contributed by atoms with Crippen LogP contribution in [0.2, 0.25) is 0 Å². The zero-order chi connectivity index (χ0) is 25.6. The number of nitrogens with zero attached hydrogens (tertiary/aromatic N) is 2. The number of fused-ring (bicyclic) bond motifs is 2. The zero-order valence-electron chi connectivity index (χ0n) is 22.5. The Morgan fingerprint density at radius 1 is 1.18 bits per heavy atom. The first-order chi connectivity index (χ1) is 17.9. The van der Waals surface area contributed by atoms with Gasteiger partial charge in [-0.15, -0.1) is 11.3 Å². The summed E-state index contributed by atoms with van der Waals surface area (Å²) in [6, 6.07) is 8.63. The van der Waals surface area contributed by atoms with Crippen LogP contribution in [-0.2, 0) is 40.6 Å². The Hall–Kier alpha value is -1.99. The minimum absolute atomic E-state index is 0. The maximum absolute atomic E-state index is 13.1. The van der Waals surface area contributed by atoms with Gasteiger partial charge in [0.2, 0.25) is 5.88 Å². The Morgan fingerprint density at radius 2 is 2.03 bits per heavy atom. The summed E-state index contributed by atoms with van der Waals surface area (Å²) in [4.78, 5) is 20.6. The largest absolute Gasteiger partial charge is 1.00 e. The standard InChI is InChI=1S/C26H28N4O5S2.Na.H/c1-30-10-8-22-18(13-30)12-24(36-22)37(32,33)29-26(31)28-25-20-4-2-3-16(20)5-6-21(25)17-7-9-27-23(11-17)35-19-14-34-15-19;;/h5-7,9,11-12,19H,2-4,8,10,13-15H2,1H3,(H2,28,29,31);;/q;+1;-1. The van der Waals surface area contributed by atoms with Crippen LogP contribution in [0, 0.1) is 0 Å². The first kappa shape index (κ1) is 27.6. The molecule has 0 spiro atoms. The summed E-state index contributed by atoms with van der Waals surface area (Å²) in [5.41, 5.74) is 5.44. The quantitative estimate of drug-likeness (QED) is 0.424. The topological polar surface area (TPSA) is 110 Å². The van der Waals surface area contributed by atoms with Crippen LogP contribution in [0.25, 0.3) is 11.1 Å². The molecule has 196 valence electrons. The Labute approximate surface area is 249 Å². The molecule has 9 nitrogen and oxygen atoms in total. The van der Waals surface area contributed by atoms with Crippen molar-refractivity contribution in [3.8, 4) is 17.0 Å². The number of pyridine rings is 1. The van der Waals surface area contributed by atoms with Crippen molar-refractivity contribution in [1.29, 1.82) is 0 Å². The van der Waals surface area contributed by atoms with E-state index < -0.39 is 16.1 Å². The number of benzene rings is 1. The number of carbonyl (C=O) groups is 1. The molecular formula is C26H29N4NaO5S2. The number of thiophene rings is 1. The van der Waals surface area contributed by atoms with E-state index in [1.54, 1.807) is 12.3 Å². The first-order valence-electron chi connectivity index (χ1n) is 12.4. The van der Waals surface area contributed by atoms with E-state index in [2.05, 4.69) is 26.0 Å². The molecule has 0 radical (unpaired) electrons. The second kappa shape index (κ2) is 11.2. The van der Waals surface area contributed by atoms with E-state index in [0.29, 0.717) is 31.3 Å². The molecule has 1 fully saturated rings. The number of likely N-dealkylation sites (N-methyl/N-ethyl adjacent to an activating group) is 1. The average molecular weight is 565 g/mol. The number of ether oxygens (including phenoxy) is 2. The van der Waals surface area contributed by atoms with Gasteiger partial charge < -0.3 is 21.1 Å². The van der Waals surface area contributed by atoms with Gasteiger partial charge in [0.05, 0.1) is 18.9 Å². The third-order valence-electron chi connectivity index (χ3n) is 6.99.